The number of aryl methyl sites for hydroxylation is 1. The maximum Gasteiger partial charge on any atom is 0.230 e. The van der Waals surface area contributed by atoms with Crippen molar-refractivity contribution >= 4 is 17.7 Å². The second-order valence-electron chi connectivity index (χ2n) is 4.69. The summed E-state index contributed by atoms with van der Waals surface area (Å²) in [6.07, 6.45) is 7.12. The molecule has 0 bridgehead atoms. The first-order chi connectivity index (χ1) is 10.1. The van der Waals surface area contributed by atoms with E-state index in [1.807, 2.05) is 32.2 Å². The third kappa shape index (κ3) is 4.01. The van der Waals surface area contributed by atoms with E-state index < -0.39 is 0 Å². The van der Waals surface area contributed by atoms with Crippen molar-refractivity contribution in [2.24, 2.45) is 0 Å². The number of thioether (sulfide) groups is 1. The molecule has 0 saturated heterocycles. The lowest BCUT2D eigenvalue weighted by atomic mass is 10.1. The normalized spacial score (nSPS) is 12.0. The van der Waals surface area contributed by atoms with Gasteiger partial charge in [0.05, 0.1) is 11.8 Å². The molecule has 0 radical (unpaired) electrons. The van der Waals surface area contributed by atoms with Crippen molar-refractivity contribution in [1.82, 2.24) is 20.3 Å². The van der Waals surface area contributed by atoms with E-state index in [9.17, 15) is 4.79 Å². The number of amides is 1. The number of nitrogens with one attached hydrogen (secondary N) is 1. The second kappa shape index (κ2) is 7.17. The fourth-order valence-corrected chi connectivity index (χ4v) is 2.38. The Morgan fingerprint density at radius 1 is 1.38 bits per heavy atom. The highest BCUT2D eigenvalue weighted by atomic mass is 32.2. The van der Waals surface area contributed by atoms with Gasteiger partial charge >= 0.3 is 0 Å². The average Bonchev–Trinajstić information content (AvgIpc) is 2.48. The zero-order chi connectivity index (χ0) is 15.2. The Labute approximate surface area is 128 Å². The van der Waals surface area contributed by atoms with Gasteiger partial charge in [0, 0.05) is 35.4 Å². The van der Waals surface area contributed by atoms with Crippen LogP contribution in [0.25, 0.3) is 11.4 Å². The number of pyridine rings is 1. The molecule has 6 heteroatoms. The fraction of sp³-hybridized carbons (Fsp3) is 0.333. The van der Waals surface area contributed by atoms with Gasteiger partial charge in [0.15, 0.2) is 5.82 Å². The summed E-state index contributed by atoms with van der Waals surface area (Å²) in [5.41, 5.74) is 2.73. The van der Waals surface area contributed by atoms with Gasteiger partial charge in [0.25, 0.3) is 0 Å². The first-order valence-corrected chi connectivity index (χ1v) is 8.03. The highest BCUT2D eigenvalue weighted by molar-refractivity contribution is 7.99. The van der Waals surface area contributed by atoms with E-state index in [1.54, 1.807) is 18.6 Å². The third-order valence-electron chi connectivity index (χ3n) is 3.08. The van der Waals surface area contributed by atoms with Crippen molar-refractivity contribution in [3.05, 3.63) is 42.0 Å². The van der Waals surface area contributed by atoms with Crippen LogP contribution in [0.1, 0.15) is 24.2 Å². The van der Waals surface area contributed by atoms with Crippen molar-refractivity contribution < 1.29 is 4.79 Å². The standard InChI is InChI=1S/C15H18N4OS/c1-10(18-14(20)9-21-3)13-8-17-15(19-11(13)2)12-4-6-16-7-5-12/h4-8,10H,9H2,1-3H3,(H,18,20). The zero-order valence-corrected chi connectivity index (χ0v) is 13.1. The quantitative estimate of drug-likeness (QED) is 0.918. The number of aromatic nitrogens is 3. The molecule has 2 heterocycles. The van der Waals surface area contributed by atoms with Gasteiger partial charge in [-0.3, -0.25) is 9.78 Å². The lowest BCUT2D eigenvalue weighted by Crippen LogP contribution is -2.28. The highest BCUT2D eigenvalue weighted by Gasteiger charge is 2.14. The summed E-state index contributed by atoms with van der Waals surface area (Å²) < 4.78 is 0. The van der Waals surface area contributed by atoms with Gasteiger partial charge in [0.1, 0.15) is 0 Å². The van der Waals surface area contributed by atoms with Gasteiger partial charge in [-0.2, -0.15) is 11.8 Å². The molecule has 21 heavy (non-hydrogen) atoms. The van der Waals surface area contributed by atoms with Crippen LogP contribution in [0.15, 0.2) is 30.7 Å². The molecular formula is C15H18N4OS. The van der Waals surface area contributed by atoms with E-state index in [1.165, 1.54) is 11.8 Å². The van der Waals surface area contributed by atoms with E-state index in [-0.39, 0.29) is 11.9 Å². The van der Waals surface area contributed by atoms with E-state index >= 15 is 0 Å². The molecule has 0 aliphatic rings. The summed E-state index contributed by atoms with van der Waals surface area (Å²) in [5.74, 6) is 1.15. The number of hydrogen-bond donors (Lipinski definition) is 1. The Morgan fingerprint density at radius 2 is 2.10 bits per heavy atom. The summed E-state index contributed by atoms with van der Waals surface area (Å²) >= 11 is 1.50. The van der Waals surface area contributed by atoms with Crippen LogP contribution >= 0.6 is 11.8 Å². The molecule has 0 aliphatic carbocycles. The molecule has 1 atom stereocenters. The smallest absolute Gasteiger partial charge is 0.230 e. The SMILES string of the molecule is CSCC(=O)NC(C)c1cnc(-c2ccncc2)nc1C. The van der Waals surface area contributed by atoms with Crippen LogP contribution in [0.5, 0.6) is 0 Å². The van der Waals surface area contributed by atoms with Crippen LogP contribution in [0.4, 0.5) is 0 Å². The third-order valence-corrected chi connectivity index (χ3v) is 3.63. The van der Waals surface area contributed by atoms with Crippen LogP contribution in [-0.2, 0) is 4.79 Å². The molecule has 0 saturated carbocycles. The van der Waals surface area contributed by atoms with Crippen LogP contribution in [0, 0.1) is 6.92 Å². The summed E-state index contributed by atoms with van der Waals surface area (Å²) in [6, 6.07) is 3.65. The fourth-order valence-electron chi connectivity index (χ4n) is 2.03. The molecule has 1 unspecified atom stereocenters. The van der Waals surface area contributed by atoms with E-state index in [0.29, 0.717) is 11.6 Å². The van der Waals surface area contributed by atoms with Crippen LogP contribution in [0.3, 0.4) is 0 Å². The molecule has 0 aromatic carbocycles. The Hall–Kier alpha value is -1.95. The van der Waals surface area contributed by atoms with Crippen molar-refractivity contribution in [3.63, 3.8) is 0 Å². The lowest BCUT2D eigenvalue weighted by Gasteiger charge is -2.16. The number of nitrogens with zero attached hydrogens (tertiary/aromatic N) is 3. The van der Waals surface area contributed by atoms with Crippen LogP contribution in [-0.4, -0.2) is 32.9 Å². The van der Waals surface area contributed by atoms with Crippen LogP contribution < -0.4 is 5.32 Å². The highest BCUT2D eigenvalue weighted by Crippen LogP contribution is 2.19. The molecular weight excluding hydrogens is 284 g/mol. The minimum Gasteiger partial charge on any atom is -0.349 e. The van der Waals surface area contributed by atoms with Crippen molar-refractivity contribution in [3.8, 4) is 11.4 Å². The van der Waals surface area contributed by atoms with Crippen molar-refractivity contribution in [2.45, 2.75) is 19.9 Å². The Morgan fingerprint density at radius 3 is 2.71 bits per heavy atom. The minimum absolute atomic E-state index is 0.0209. The number of rotatable bonds is 5. The Bertz CT molecular complexity index is 618. The first kappa shape index (κ1) is 15.4. The summed E-state index contributed by atoms with van der Waals surface area (Å²) in [6.45, 7) is 3.87. The van der Waals surface area contributed by atoms with Gasteiger partial charge < -0.3 is 5.32 Å². The number of carbonyl (C=O) groups excluding carboxylic acids is 1. The minimum atomic E-state index is -0.101. The maximum atomic E-state index is 11.6. The molecule has 2 rings (SSSR count). The van der Waals surface area contributed by atoms with E-state index in [2.05, 4.69) is 20.3 Å². The topological polar surface area (TPSA) is 67.8 Å². The molecule has 2 aromatic rings. The largest absolute Gasteiger partial charge is 0.349 e. The van der Waals surface area contributed by atoms with E-state index in [4.69, 9.17) is 0 Å². The lowest BCUT2D eigenvalue weighted by molar-refractivity contribution is -0.119. The Kier molecular flexibility index (Phi) is 5.27. The van der Waals surface area contributed by atoms with Gasteiger partial charge in [-0.05, 0) is 32.2 Å². The van der Waals surface area contributed by atoms with Gasteiger partial charge in [-0.1, -0.05) is 0 Å². The average molecular weight is 302 g/mol. The predicted molar refractivity (Wildman–Crippen MR) is 84.9 cm³/mol. The molecule has 1 N–H and O–H groups in total. The molecule has 2 aromatic heterocycles. The van der Waals surface area contributed by atoms with Gasteiger partial charge in [0.2, 0.25) is 5.91 Å². The molecule has 0 aliphatic heterocycles. The molecule has 110 valence electrons. The van der Waals surface area contributed by atoms with Crippen molar-refractivity contribution in [1.29, 1.82) is 0 Å². The van der Waals surface area contributed by atoms with E-state index in [0.717, 1.165) is 16.8 Å². The molecule has 0 spiro atoms. The zero-order valence-electron chi connectivity index (χ0n) is 12.3. The number of hydrogen-bond acceptors (Lipinski definition) is 5. The predicted octanol–water partition coefficient (Wildman–Crippen LogP) is 2.39. The summed E-state index contributed by atoms with van der Waals surface area (Å²) in [5, 5.41) is 2.95. The molecule has 0 fully saturated rings. The molecule has 5 nitrogen and oxygen atoms in total. The van der Waals surface area contributed by atoms with Crippen LogP contribution in [0.2, 0.25) is 0 Å². The van der Waals surface area contributed by atoms with Gasteiger partial charge in [-0.25, -0.2) is 9.97 Å². The number of carbonyl (C=O) groups is 1. The summed E-state index contributed by atoms with van der Waals surface area (Å²) in [4.78, 5) is 24.5. The molecule has 1 amide bonds. The maximum absolute atomic E-state index is 11.6. The monoisotopic (exact) mass is 302 g/mol. The summed E-state index contributed by atoms with van der Waals surface area (Å²) in [7, 11) is 0. The second-order valence-corrected chi connectivity index (χ2v) is 5.56. The van der Waals surface area contributed by atoms with Gasteiger partial charge in [-0.15, -0.1) is 0 Å². The van der Waals surface area contributed by atoms with Crippen molar-refractivity contribution in [2.75, 3.05) is 12.0 Å². The Balaban J connectivity index is 2.18. The first-order valence-electron chi connectivity index (χ1n) is 6.64.